The van der Waals surface area contributed by atoms with E-state index in [1.165, 1.54) is 12.3 Å². The highest BCUT2D eigenvalue weighted by Crippen LogP contribution is 2.28. The van der Waals surface area contributed by atoms with Gasteiger partial charge in [0.15, 0.2) is 5.82 Å². The monoisotopic (exact) mass is 278 g/mol. The summed E-state index contributed by atoms with van der Waals surface area (Å²) >= 11 is 0. The van der Waals surface area contributed by atoms with E-state index >= 15 is 0 Å². The molecule has 1 fully saturated rings. The van der Waals surface area contributed by atoms with E-state index < -0.39 is 11.6 Å². The Kier molecular flexibility index (Phi) is 3.30. The second kappa shape index (κ2) is 4.98. The fourth-order valence-electron chi connectivity index (χ4n) is 2.59. The molecule has 2 heterocycles. The number of halogens is 2. The van der Waals surface area contributed by atoms with E-state index in [0.29, 0.717) is 17.6 Å². The number of rotatable bonds is 3. The van der Waals surface area contributed by atoms with E-state index in [2.05, 4.69) is 10.3 Å². The molecule has 1 aromatic heterocycles. The molecule has 0 aliphatic carbocycles. The zero-order valence-corrected chi connectivity index (χ0v) is 11.2. The number of nitrogens with zero attached hydrogens (tertiary/aromatic N) is 1. The third-order valence-corrected chi connectivity index (χ3v) is 3.72. The summed E-state index contributed by atoms with van der Waals surface area (Å²) in [5.41, 5.74) is 0.626. The molecule has 1 aromatic carbocycles. The molecule has 1 atom stereocenters. The maximum absolute atomic E-state index is 13.7. The number of benzene rings is 1. The van der Waals surface area contributed by atoms with Crippen LogP contribution in [0.15, 0.2) is 24.4 Å². The minimum Gasteiger partial charge on any atom is -0.382 e. The van der Waals surface area contributed by atoms with Gasteiger partial charge in [-0.3, -0.25) is 4.98 Å². The Labute approximate surface area is 116 Å². The molecule has 0 radical (unpaired) electrons. The molecule has 2 aromatic rings. The minimum absolute atomic E-state index is 0.175. The Morgan fingerprint density at radius 3 is 3.00 bits per heavy atom. The van der Waals surface area contributed by atoms with Crippen molar-refractivity contribution in [2.24, 2.45) is 0 Å². The molecule has 0 bridgehead atoms. The number of nitrogens with one attached hydrogen (secondary N) is 1. The van der Waals surface area contributed by atoms with Crippen molar-refractivity contribution in [2.45, 2.75) is 25.4 Å². The van der Waals surface area contributed by atoms with Gasteiger partial charge < -0.3 is 10.1 Å². The smallest absolute Gasteiger partial charge is 0.152 e. The molecule has 1 unspecified atom stereocenters. The van der Waals surface area contributed by atoms with E-state index in [-0.39, 0.29) is 11.1 Å². The van der Waals surface area contributed by atoms with E-state index in [0.717, 1.165) is 25.5 Å². The van der Waals surface area contributed by atoms with Crippen LogP contribution in [0.2, 0.25) is 0 Å². The standard InChI is InChI=1S/C15H16F2N2O/c1-15(4-2-6-20-15)9-19-13-3-5-18-14-11(13)7-10(16)8-12(14)17/h3,5,7-8H,2,4,6,9H2,1H3,(H,18,19). The molecule has 3 rings (SSSR count). The lowest BCUT2D eigenvalue weighted by atomic mass is 10.0. The first-order chi connectivity index (χ1) is 9.57. The van der Waals surface area contributed by atoms with Gasteiger partial charge in [0.1, 0.15) is 11.3 Å². The highest BCUT2D eigenvalue weighted by atomic mass is 19.1. The molecule has 0 saturated carbocycles. The first kappa shape index (κ1) is 13.2. The number of hydrogen-bond donors (Lipinski definition) is 1. The zero-order chi connectivity index (χ0) is 14.2. The molecular weight excluding hydrogens is 262 g/mol. The minimum atomic E-state index is -0.646. The van der Waals surface area contributed by atoms with E-state index in [1.54, 1.807) is 6.07 Å². The second-order valence-corrected chi connectivity index (χ2v) is 5.40. The van der Waals surface area contributed by atoms with E-state index in [9.17, 15) is 8.78 Å². The quantitative estimate of drug-likeness (QED) is 0.933. The van der Waals surface area contributed by atoms with Crippen LogP contribution in [0.1, 0.15) is 19.8 Å². The van der Waals surface area contributed by atoms with Gasteiger partial charge >= 0.3 is 0 Å². The third-order valence-electron chi connectivity index (χ3n) is 3.72. The number of ether oxygens (including phenoxy) is 1. The predicted molar refractivity (Wildman–Crippen MR) is 73.7 cm³/mol. The van der Waals surface area contributed by atoms with E-state index in [1.807, 2.05) is 6.92 Å². The van der Waals surface area contributed by atoms with Crippen LogP contribution < -0.4 is 5.32 Å². The van der Waals surface area contributed by atoms with Gasteiger partial charge in [0.05, 0.1) is 5.60 Å². The van der Waals surface area contributed by atoms with Crippen molar-refractivity contribution >= 4 is 16.6 Å². The first-order valence-corrected chi connectivity index (χ1v) is 6.69. The van der Waals surface area contributed by atoms with Crippen LogP contribution >= 0.6 is 0 Å². The van der Waals surface area contributed by atoms with E-state index in [4.69, 9.17) is 4.74 Å². The van der Waals surface area contributed by atoms with Crippen LogP contribution in [-0.2, 0) is 4.74 Å². The van der Waals surface area contributed by atoms with Crippen molar-refractivity contribution in [1.29, 1.82) is 0 Å². The average molecular weight is 278 g/mol. The number of fused-ring (bicyclic) bond motifs is 1. The predicted octanol–water partition coefficient (Wildman–Crippen LogP) is 3.49. The van der Waals surface area contributed by atoms with Crippen molar-refractivity contribution in [2.75, 3.05) is 18.5 Å². The largest absolute Gasteiger partial charge is 0.382 e. The average Bonchev–Trinajstić information content (AvgIpc) is 2.84. The highest BCUT2D eigenvalue weighted by molar-refractivity contribution is 5.91. The highest BCUT2D eigenvalue weighted by Gasteiger charge is 2.29. The summed E-state index contributed by atoms with van der Waals surface area (Å²) in [4.78, 5) is 3.97. The van der Waals surface area contributed by atoms with Gasteiger partial charge in [-0.15, -0.1) is 0 Å². The van der Waals surface area contributed by atoms with Crippen LogP contribution in [0.3, 0.4) is 0 Å². The van der Waals surface area contributed by atoms with Gasteiger partial charge in [-0.1, -0.05) is 0 Å². The van der Waals surface area contributed by atoms with Gasteiger partial charge in [-0.25, -0.2) is 8.78 Å². The van der Waals surface area contributed by atoms with Crippen LogP contribution in [0, 0.1) is 11.6 Å². The normalized spacial score (nSPS) is 22.4. The molecule has 3 nitrogen and oxygen atoms in total. The molecule has 0 spiro atoms. The topological polar surface area (TPSA) is 34.2 Å². The zero-order valence-electron chi connectivity index (χ0n) is 11.2. The Bertz CT molecular complexity index is 639. The lowest BCUT2D eigenvalue weighted by Crippen LogP contribution is -2.32. The number of pyridine rings is 1. The molecular formula is C15H16F2N2O. The molecule has 5 heteroatoms. The molecule has 1 N–H and O–H groups in total. The van der Waals surface area contributed by atoms with Crippen LogP contribution in [0.25, 0.3) is 10.9 Å². The summed E-state index contributed by atoms with van der Waals surface area (Å²) in [5.74, 6) is -1.25. The van der Waals surface area contributed by atoms with Gasteiger partial charge in [-0.2, -0.15) is 0 Å². The maximum atomic E-state index is 13.7. The molecule has 1 aliphatic rings. The Hall–Kier alpha value is -1.75. The van der Waals surface area contributed by atoms with Crippen molar-refractivity contribution in [3.63, 3.8) is 0 Å². The molecule has 1 saturated heterocycles. The van der Waals surface area contributed by atoms with Gasteiger partial charge in [0.25, 0.3) is 0 Å². The Morgan fingerprint density at radius 1 is 1.40 bits per heavy atom. The van der Waals surface area contributed by atoms with Crippen molar-refractivity contribution in [3.8, 4) is 0 Å². The van der Waals surface area contributed by atoms with Gasteiger partial charge in [-0.05, 0) is 31.9 Å². The SMILES string of the molecule is CC1(CNc2ccnc3c(F)cc(F)cc23)CCCO1. The van der Waals surface area contributed by atoms with Crippen LogP contribution in [0.4, 0.5) is 14.5 Å². The fraction of sp³-hybridized carbons (Fsp3) is 0.400. The van der Waals surface area contributed by atoms with Crippen LogP contribution in [-0.4, -0.2) is 23.7 Å². The lowest BCUT2D eigenvalue weighted by molar-refractivity contribution is 0.0315. The Balaban J connectivity index is 1.91. The summed E-state index contributed by atoms with van der Waals surface area (Å²) in [6.07, 6.45) is 3.54. The summed E-state index contributed by atoms with van der Waals surface area (Å²) in [6, 6.07) is 3.87. The summed E-state index contributed by atoms with van der Waals surface area (Å²) in [5, 5.41) is 3.68. The van der Waals surface area contributed by atoms with Crippen molar-refractivity contribution in [3.05, 3.63) is 36.0 Å². The van der Waals surface area contributed by atoms with Gasteiger partial charge in [0, 0.05) is 36.5 Å². The summed E-state index contributed by atoms with van der Waals surface area (Å²) < 4.78 is 32.8. The molecule has 1 aliphatic heterocycles. The number of aromatic nitrogens is 1. The summed E-state index contributed by atoms with van der Waals surface area (Å²) in [6.45, 7) is 3.40. The molecule has 20 heavy (non-hydrogen) atoms. The van der Waals surface area contributed by atoms with Crippen molar-refractivity contribution < 1.29 is 13.5 Å². The molecule has 106 valence electrons. The maximum Gasteiger partial charge on any atom is 0.152 e. The summed E-state index contributed by atoms with van der Waals surface area (Å²) in [7, 11) is 0. The number of hydrogen-bond acceptors (Lipinski definition) is 3. The Morgan fingerprint density at radius 2 is 2.25 bits per heavy atom. The first-order valence-electron chi connectivity index (χ1n) is 6.69. The van der Waals surface area contributed by atoms with Crippen molar-refractivity contribution in [1.82, 2.24) is 4.98 Å². The molecule has 0 amide bonds. The fourth-order valence-corrected chi connectivity index (χ4v) is 2.59. The second-order valence-electron chi connectivity index (χ2n) is 5.40. The van der Waals surface area contributed by atoms with Crippen LogP contribution in [0.5, 0.6) is 0 Å². The lowest BCUT2D eigenvalue weighted by Gasteiger charge is -2.24. The third kappa shape index (κ3) is 2.45. The number of anilines is 1. The van der Waals surface area contributed by atoms with Gasteiger partial charge in [0.2, 0.25) is 0 Å².